The maximum Gasteiger partial charge on any atom is 0.334 e. The molecule has 3 aliphatic rings. The number of hydrogen-bond acceptors (Lipinski definition) is 7. The molecule has 0 aromatic rings. The van der Waals surface area contributed by atoms with Gasteiger partial charge in [-0.15, -0.1) is 0 Å². The Balaban J connectivity index is 2.16. The van der Waals surface area contributed by atoms with E-state index in [1.807, 2.05) is 6.92 Å². The minimum Gasteiger partial charge on any atom is -0.457 e. The van der Waals surface area contributed by atoms with Crippen molar-refractivity contribution in [2.24, 2.45) is 23.2 Å². The molecule has 0 unspecified atom stereocenters. The average Bonchev–Trinajstić information content (AvgIpc) is 3.11. The minimum atomic E-state index is -1.19. The number of rotatable bonds is 4. The molecule has 1 heterocycles. The molecule has 7 nitrogen and oxygen atoms in total. The molecule has 1 aliphatic heterocycles. The fraction of sp³-hybridized carbons (Fsp3) is 0.478. The SMILES string of the molecule is C=C(C)C(=O)O[C@@H]1[C@@H](C)[C@@H]2C=CC(=O)[C@@]2(C)[C@@H](OC(=O)C(=C)C)[C@@H]2C(=C)C(=O)O[C@H]12. The highest BCUT2D eigenvalue weighted by molar-refractivity contribution is 5.99. The molecular weight excluding hydrogens is 388 g/mol. The Kier molecular flexibility index (Phi) is 5.35. The number of fused-ring (bicyclic) bond motifs is 2. The molecule has 0 aromatic heterocycles. The van der Waals surface area contributed by atoms with Gasteiger partial charge in [0.15, 0.2) is 5.78 Å². The summed E-state index contributed by atoms with van der Waals surface area (Å²) in [4.78, 5) is 50.3. The van der Waals surface area contributed by atoms with Crippen molar-refractivity contribution in [3.05, 3.63) is 48.6 Å². The van der Waals surface area contributed by atoms with Crippen LogP contribution in [0.4, 0.5) is 0 Å². The molecule has 7 heteroatoms. The molecule has 0 bridgehead atoms. The third-order valence-electron chi connectivity index (χ3n) is 6.44. The predicted octanol–water partition coefficient (Wildman–Crippen LogP) is 2.47. The zero-order chi connectivity index (χ0) is 22.5. The largest absolute Gasteiger partial charge is 0.457 e. The predicted molar refractivity (Wildman–Crippen MR) is 107 cm³/mol. The van der Waals surface area contributed by atoms with Crippen LogP contribution in [0.3, 0.4) is 0 Å². The van der Waals surface area contributed by atoms with Crippen molar-refractivity contribution in [1.82, 2.24) is 0 Å². The van der Waals surface area contributed by atoms with Crippen LogP contribution in [0.1, 0.15) is 27.7 Å². The molecule has 1 saturated carbocycles. The van der Waals surface area contributed by atoms with Crippen LogP contribution < -0.4 is 0 Å². The van der Waals surface area contributed by atoms with Gasteiger partial charge in [-0.25, -0.2) is 14.4 Å². The zero-order valence-corrected chi connectivity index (χ0v) is 17.6. The fourth-order valence-corrected chi connectivity index (χ4v) is 4.71. The molecule has 0 amide bonds. The Bertz CT molecular complexity index is 911. The van der Waals surface area contributed by atoms with Gasteiger partial charge >= 0.3 is 17.9 Å². The van der Waals surface area contributed by atoms with Gasteiger partial charge in [-0.05, 0) is 32.8 Å². The van der Waals surface area contributed by atoms with Crippen LogP contribution >= 0.6 is 0 Å². The van der Waals surface area contributed by atoms with E-state index in [0.717, 1.165) is 0 Å². The summed E-state index contributed by atoms with van der Waals surface area (Å²) >= 11 is 0. The van der Waals surface area contributed by atoms with E-state index in [4.69, 9.17) is 14.2 Å². The molecule has 0 spiro atoms. The van der Waals surface area contributed by atoms with Crippen LogP contribution in [-0.4, -0.2) is 42.0 Å². The molecule has 2 fully saturated rings. The van der Waals surface area contributed by atoms with E-state index < -0.39 is 59.4 Å². The molecule has 0 N–H and O–H groups in total. The molecule has 7 atom stereocenters. The van der Waals surface area contributed by atoms with E-state index in [2.05, 4.69) is 19.7 Å². The number of esters is 3. The summed E-state index contributed by atoms with van der Waals surface area (Å²) in [5.74, 6) is -3.93. The number of carbonyl (C=O) groups excluding carboxylic acids is 4. The third-order valence-corrected chi connectivity index (χ3v) is 6.44. The highest BCUT2D eigenvalue weighted by atomic mass is 16.6. The van der Waals surface area contributed by atoms with Gasteiger partial charge in [0.1, 0.15) is 18.3 Å². The highest BCUT2D eigenvalue weighted by Gasteiger charge is 2.65. The monoisotopic (exact) mass is 414 g/mol. The number of carbonyl (C=O) groups is 4. The molecule has 0 aromatic carbocycles. The van der Waals surface area contributed by atoms with Crippen LogP contribution in [0, 0.1) is 23.2 Å². The molecule has 3 rings (SSSR count). The summed E-state index contributed by atoms with van der Waals surface area (Å²) in [6, 6.07) is 0. The summed E-state index contributed by atoms with van der Waals surface area (Å²) in [6.07, 6.45) is 0.308. The van der Waals surface area contributed by atoms with Crippen molar-refractivity contribution in [3.63, 3.8) is 0 Å². The molecule has 30 heavy (non-hydrogen) atoms. The minimum absolute atomic E-state index is 0.0738. The van der Waals surface area contributed by atoms with Gasteiger partial charge in [-0.1, -0.05) is 32.7 Å². The Morgan fingerprint density at radius 1 is 1.10 bits per heavy atom. The van der Waals surface area contributed by atoms with Gasteiger partial charge in [-0.2, -0.15) is 0 Å². The lowest BCUT2D eigenvalue weighted by atomic mass is 9.67. The average molecular weight is 414 g/mol. The summed E-state index contributed by atoms with van der Waals surface area (Å²) < 4.78 is 17.0. The maximum absolute atomic E-state index is 13.0. The van der Waals surface area contributed by atoms with Gasteiger partial charge in [-0.3, -0.25) is 4.79 Å². The Labute approximate surface area is 175 Å². The lowest BCUT2D eigenvalue weighted by Gasteiger charge is -2.39. The number of ether oxygens (including phenoxy) is 3. The second kappa shape index (κ2) is 7.38. The third kappa shape index (κ3) is 3.13. The number of hydrogen-bond donors (Lipinski definition) is 0. The van der Waals surface area contributed by atoms with Gasteiger partial charge < -0.3 is 14.2 Å². The molecule has 2 aliphatic carbocycles. The second-order valence-corrected chi connectivity index (χ2v) is 8.57. The van der Waals surface area contributed by atoms with Crippen molar-refractivity contribution >= 4 is 23.7 Å². The quantitative estimate of drug-likeness (QED) is 0.396. The molecule has 0 radical (unpaired) electrons. The van der Waals surface area contributed by atoms with Crippen LogP contribution in [-0.2, 0) is 33.4 Å². The summed E-state index contributed by atoms with van der Waals surface area (Å²) in [5, 5.41) is 0. The van der Waals surface area contributed by atoms with E-state index in [1.54, 1.807) is 13.0 Å². The number of ketones is 1. The van der Waals surface area contributed by atoms with E-state index in [9.17, 15) is 19.2 Å². The van der Waals surface area contributed by atoms with Crippen molar-refractivity contribution in [2.45, 2.75) is 46.0 Å². The lowest BCUT2D eigenvalue weighted by Crippen LogP contribution is -2.49. The first-order valence-electron chi connectivity index (χ1n) is 9.76. The van der Waals surface area contributed by atoms with E-state index in [0.29, 0.717) is 0 Å². The molecular formula is C23H26O7. The van der Waals surface area contributed by atoms with Crippen molar-refractivity contribution in [2.75, 3.05) is 0 Å². The summed E-state index contributed by atoms with van der Waals surface area (Å²) in [5.41, 5.74) is -0.764. The standard InChI is InChI=1S/C23H26O7/c1-10(2)20(25)28-17-12(5)14-8-9-15(24)23(14,7)19(30-21(26)11(3)4)16-13(6)22(27)29-18(16)17/h8-9,12,14,16-19H,1,3,6H2,2,4-5,7H3/t12-,14-,16+,17+,18-,19-,23-/m0/s1. The van der Waals surface area contributed by atoms with Crippen LogP contribution in [0.5, 0.6) is 0 Å². The van der Waals surface area contributed by atoms with E-state index in [1.165, 1.54) is 19.9 Å². The zero-order valence-electron chi connectivity index (χ0n) is 17.6. The van der Waals surface area contributed by atoms with Crippen molar-refractivity contribution < 1.29 is 33.4 Å². The maximum atomic E-state index is 13.0. The number of allylic oxidation sites excluding steroid dienone is 2. The first-order chi connectivity index (χ1) is 13.9. The topological polar surface area (TPSA) is 96.0 Å². The molecule has 1 saturated heterocycles. The smallest absolute Gasteiger partial charge is 0.334 e. The van der Waals surface area contributed by atoms with Gasteiger partial charge in [0.05, 0.1) is 11.3 Å². The normalized spacial score (nSPS) is 37.0. The second-order valence-electron chi connectivity index (χ2n) is 8.57. The Morgan fingerprint density at radius 2 is 1.67 bits per heavy atom. The fourth-order valence-electron chi connectivity index (χ4n) is 4.71. The summed E-state index contributed by atoms with van der Waals surface area (Å²) in [7, 11) is 0. The van der Waals surface area contributed by atoms with Crippen molar-refractivity contribution in [3.8, 4) is 0 Å². The van der Waals surface area contributed by atoms with E-state index >= 15 is 0 Å². The van der Waals surface area contributed by atoms with Gasteiger partial charge in [0.2, 0.25) is 0 Å². The highest BCUT2D eigenvalue weighted by Crippen LogP contribution is 2.55. The molecule has 160 valence electrons. The van der Waals surface area contributed by atoms with Crippen LogP contribution in [0.25, 0.3) is 0 Å². The van der Waals surface area contributed by atoms with Crippen LogP contribution in [0.2, 0.25) is 0 Å². The summed E-state index contributed by atoms with van der Waals surface area (Å²) in [6.45, 7) is 17.6. The van der Waals surface area contributed by atoms with Crippen molar-refractivity contribution in [1.29, 1.82) is 0 Å². The Morgan fingerprint density at radius 3 is 2.23 bits per heavy atom. The van der Waals surface area contributed by atoms with Crippen LogP contribution in [0.15, 0.2) is 48.6 Å². The first-order valence-corrected chi connectivity index (χ1v) is 9.76. The Hall–Kier alpha value is -2.96. The van der Waals surface area contributed by atoms with Gasteiger partial charge in [0.25, 0.3) is 0 Å². The first kappa shape index (κ1) is 21.7. The van der Waals surface area contributed by atoms with Gasteiger partial charge in [0, 0.05) is 22.6 Å². The van der Waals surface area contributed by atoms with E-state index in [-0.39, 0.29) is 22.5 Å². The lowest BCUT2D eigenvalue weighted by molar-refractivity contribution is -0.166.